The number of pyridine rings is 1. The van der Waals surface area contributed by atoms with Crippen molar-refractivity contribution in [2.24, 2.45) is 14.1 Å². The number of carbonyl (C=O) groups excluding carboxylic acids is 2. The molecule has 0 spiro atoms. The van der Waals surface area contributed by atoms with Gasteiger partial charge < -0.3 is 49.1 Å². The Balaban J connectivity index is 0.867. The number of hydrogen-bond acceptors (Lipinski definition) is 14. The van der Waals surface area contributed by atoms with Gasteiger partial charge in [-0.2, -0.15) is 4.72 Å². The molecule has 0 saturated carbocycles. The van der Waals surface area contributed by atoms with Gasteiger partial charge >= 0.3 is 12.1 Å². The molecule has 21 nitrogen and oxygen atoms in total. The summed E-state index contributed by atoms with van der Waals surface area (Å²) in [4.78, 5) is 54.5. The number of ether oxygens (including phenoxy) is 4. The quantitative estimate of drug-likeness (QED) is 0.0365. The van der Waals surface area contributed by atoms with E-state index in [0.717, 1.165) is 11.1 Å². The van der Waals surface area contributed by atoms with Gasteiger partial charge in [-0.05, 0) is 71.5 Å². The average molecular weight is 1030 g/mol. The summed E-state index contributed by atoms with van der Waals surface area (Å²) in [6.45, 7) is 2.68. The first-order valence-corrected chi connectivity index (χ1v) is 25.8. The van der Waals surface area contributed by atoms with Crippen LogP contribution >= 0.6 is 0 Å². The van der Waals surface area contributed by atoms with Gasteiger partial charge in [0.25, 0.3) is 5.91 Å². The number of aromatic nitrogens is 3. The van der Waals surface area contributed by atoms with E-state index < -0.39 is 56.0 Å². The van der Waals surface area contributed by atoms with Crippen LogP contribution in [0.4, 0.5) is 10.7 Å². The fourth-order valence-electron chi connectivity index (χ4n) is 7.04. The topological polar surface area (TPSA) is 277 Å². The van der Waals surface area contributed by atoms with Gasteiger partial charge in [0, 0.05) is 77.5 Å². The van der Waals surface area contributed by atoms with Crippen molar-refractivity contribution in [2.75, 3.05) is 64.6 Å². The monoisotopic (exact) mass is 1030 g/mol. The lowest BCUT2D eigenvalue weighted by Crippen LogP contribution is -2.48. The van der Waals surface area contributed by atoms with E-state index in [9.17, 15) is 41.1 Å². The summed E-state index contributed by atoms with van der Waals surface area (Å²) in [5.74, 6) is -1.78. The molecule has 6 N–H and O–H groups in total. The molecule has 6 rings (SSSR count). The highest BCUT2D eigenvalue weighted by Crippen LogP contribution is 2.24. The van der Waals surface area contributed by atoms with Gasteiger partial charge in [0.2, 0.25) is 31.4 Å². The summed E-state index contributed by atoms with van der Waals surface area (Å²) in [5.41, 5.74) is 2.63. The van der Waals surface area contributed by atoms with Crippen LogP contribution in [0.2, 0.25) is 0 Å². The molecule has 0 saturated heterocycles. The number of sulfonamides is 2. The van der Waals surface area contributed by atoms with Crippen molar-refractivity contribution >= 4 is 54.9 Å². The fraction of sp³-hybridized carbons (Fsp3) is 0.327. The summed E-state index contributed by atoms with van der Waals surface area (Å²) in [5, 5.41) is 18.4. The first kappa shape index (κ1) is 54.3. The number of imidazole rings is 1. The van der Waals surface area contributed by atoms with Gasteiger partial charge in [0.05, 0.1) is 41.7 Å². The number of anilines is 1. The molecule has 0 fully saturated rings. The van der Waals surface area contributed by atoms with Crippen molar-refractivity contribution in [3.63, 3.8) is 0 Å². The van der Waals surface area contributed by atoms with Crippen LogP contribution in [0.15, 0.2) is 130 Å². The van der Waals surface area contributed by atoms with Crippen LogP contribution in [-0.2, 0) is 71.0 Å². The Morgan fingerprint density at radius 2 is 1.32 bits per heavy atom. The largest absolute Gasteiger partial charge is 0.480 e. The molecule has 1 atom stereocenters. The SMILES string of the molecule is Cn1ccnc1NCc1ccc2c(=O)c(C(=O)NC[C@H](NS(=O)(=O)c3ccc(-c4ccc(S(=O)(=O)NCCCOCCOCCOCCCNC(=O)OCc5ccccc5)cc4)cc3)C(=O)O)cn(C)c2c1. The molecule has 0 aliphatic carbocycles. The lowest BCUT2D eigenvalue weighted by atomic mass is 10.1. The van der Waals surface area contributed by atoms with Crippen LogP contribution < -0.4 is 30.8 Å². The van der Waals surface area contributed by atoms with Crippen molar-refractivity contribution in [3.8, 4) is 11.1 Å². The number of nitrogens with zero attached hydrogens (tertiary/aromatic N) is 3. The third-order valence-electron chi connectivity index (χ3n) is 10.9. The maximum atomic E-state index is 13.4. The van der Waals surface area contributed by atoms with E-state index >= 15 is 0 Å². The minimum absolute atomic E-state index is 0.0242. The number of carbonyl (C=O) groups is 3. The lowest BCUT2D eigenvalue weighted by Gasteiger charge is -2.16. The number of aryl methyl sites for hydroxylation is 2. The molecule has 0 bridgehead atoms. The highest BCUT2D eigenvalue weighted by Gasteiger charge is 2.27. The number of carboxylic acid groups (broad SMARTS) is 1. The number of benzene rings is 4. The Bertz CT molecular complexity index is 3040. The molecule has 4 aromatic carbocycles. The molecule has 384 valence electrons. The van der Waals surface area contributed by atoms with Crippen LogP contribution in [0, 0.1) is 0 Å². The van der Waals surface area contributed by atoms with Gasteiger partial charge in [-0.15, -0.1) is 0 Å². The van der Waals surface area contributed by atoms with E-state index in [1.165, 1.54) is 42.6 Å². The van der Waals surface area contributed by atoms with Gasteiger partial charge in [-0.3, -0.25) is 14.4 Å². The molecule has 0 aliphatic heterocycles. The van der Waals surface area contributed by atoms with Crippen LogP contribution in [0.25, 0.3) is 22.0 Å². The van der Waals surface area contributed by atoms with Crippen LogP contribution in [-0.4, -0.2) is 119 Å². The third kappa shape index (κ3) is 16.0. The van der Waals surface area contributed by atoms with E-state index in [1.54, 1.807) is 54.3 Å². The number of aliphatic carboxylic acids is 1. The minimum atomic E-state index is -4.42. The Kier molecular flexibility index (Phi) is 20.0. The normalized spacial score (nSPS) is 12.1. The van der Waals surface area contributed by atoms with E-state index in [-0.39, 0.29) is 33.9 Å². The molecule has 2 aromatic heterocycles. The first-order chi connectivity index (χ1) is 34.6. The third-order valence-corrected chi connectivity index (χ3v) is 13.9. The lowest BCUT2D eigenvalue weighted by molar-refractivity contribution is -0.138. The Hall–Kier alpha value is -6.99. The summed E-state index contributed by atoms with van der Waals surface area (Å²) in [6.07, 6.45) is 5.35. The molecule has 2 amide bonds. The van der Waals surface area contributed by atoms with Crippen molar-refractivity contribution in [2.45, 2.75) is 41.8 Å². The van der Waals surface area contributed by atoms with Crippen LogP contribution in [0.3, 0.4) is 0 Å². The summed E-state index contributed by atoms with van der Waals surface area (Å²) < 4.78 is 82.2. The number of carboxylic acids is 1. The second-order valence-electron chi connectivity index (χ2n) is 16.3. The molecule has 6 aromatic rings. The van der Waals surface area contributed by atoms with Gasteiger partial charge in [-0.1, -0.05) is 60.7 Å². The van der Waals surface area contributed by atoms with Gasteiger partial charge in [0.1, 0.15) is 18.2 Å². The molecule has 0 unspecified atom stereocenters. The van der Waals surface area contributed by atoms with Crippen LogP contribution in [0.5, 0.6) is 0 Å². The number of nitrogens with one attached hydrogen (secondary N) is 5. The van der Waals surface area contributed by atoms with Gasteiger partial charge in [-0.25, -0.2) is 31.3 Å². The predicted molar refractivity (Wildman–Crippen MR) is 267 cm³/mol. The van der Waals surface area contributed by atoms with Crippen LogP contribution in [0.1, 0.15) is 34.3 Å². The smallest absolute Gasteiger partial charge is 0.407 e. The zero-order chi connectivity index (χ0) is 51.5. The predicted octanol–water partition coefficient (Wildman–Crippen LogP) is 3.75. The molecule has 23 heteroatoms. The van der Waals surface area contributed by atoms with Crippen molar-refractivity contribution in [3.05, 3.63) is 143 Å². The number of rotatable bonds is 29. The second kappa shape index (κ2) is 26.5. The zero-order valence-corrected chi connectivity index (χ0v) is 41.4. The van der Waals surface area contributed by atoms with Crippen molar-refractivity contribution in [1.82, 2.24) is 34.2 Å². The molecular formula is C49H58N8O13S2. The van der Waals surface area contributed by atoms with Crippen molar-refractivity contribution < 1.29 is 55.3 Å². The Labute approximate surface area is 417 Å². The summed E-state index contributed by atoms with van der Waals surface area (Å²) >= 11 is 0. The summed E-state index contributed by atoms with van der Waals surface area (Å²) in [7, 11) is -4.75. The highest BCUT2D eigenvalue weighted by atomic mass is 32.2. The number of hydrogen-bond donors (Lipinski definition) is 6. The average Bonchev–Trinajstić information content (AvgIpc) is 3.80. The minimum Gasteiger partial charge on any atom is -0.480 e. The molecule has 0 aliphatic rings. The Morgan fingerprint density at radius 1 is 0.708 bits per heavy atom. The standard InChI is InChI=1S/C49H58N8O13S2/c1-56-23-22-50-48(56)53-31-36-10-19-41-44(30-36)57(2)33-42(45(41)58)46(59)52-32-43(47(60)61)55-72(65,66)40-17-13-38(14-18-40)37-11-15-39(16-12-37)71(63,64)54-21-7-25-68-27-29-69-28-26-67-24-6-20-51-49(62)70-34-35-8-4-3-5-9-35/h3-5,8-19,22-23,30,33,43,54-55H,6-7,20-21,24-29,31-32,34H2,1-2H3,(H,50,53)(H,51,62)(H,52,59)(H,60,61)/t43-/m0/s1. The molecular weight excluding hydrogens is 973 g/mol. The van der Waals surface area contributed by atoms with Crippen molar-refractivity contribution in [1.29, 1.82) is 0 Å². The summed E-state index contributed by atoms with van der Waals surface area (Å²) in [6, 6.07) is 24.2. The molecule has 72 heavy (non-hydrogen) atoms. The van der Waals surface area contributed by atoms with Gasteiger partial charge in [0.15, 0.2) is 0 Å². The molecule has 0 radical (unpaired) electrons. The highest BCUT2D eigenvalue weighted by molar-refractivity contribution is 7.89. The number of alkyl carbamates (subject to hydrolysis) is 1. The maximum Gasteiger partial charge on any atom is 0.407 e. The maximum absolute atomic E-state index is 13.4. The van der Waals surface area contributed by atoms with E-state index in [4.69, 9.17) is 18.9 Å². The zero-order valence-electron chi connectivity index (χ0n) is 39.7. The van der Waals surface area contributed by atoms with E-state index in [0.29, 0.717) is 88.2 Å². The number of fused-ring (bicyclic) bond motifs is 1. The van der Waals surface area contributed by atoms with E-state index in [2.05, 4.69) is 30.4 Å². The second-order valence-corrected chi connectivity index (χ2v) is 19.7. The Morgan fingerprint density at radius 3 is 1.93 bits per heavy atom. The first-order valence-electron chi connectivity index (χ1n) is 22.9. The number of amides is 2. The fourth-order valence-corrected chi connectivity index (χ4v) is 9.30. The molecule has 2 heterocycles. The van der Waals surface area contributed by atoms with E-state index in [1.807, 2.05) is 41.9 Å².